The van der Waals surface area contributed by atoms with Gasteiger partial charge < -0.3 is 5.32 Å². The van der Waals surface area contributed by atoms with E-state index in [0.29, 0.717) is 6.04 Å². The molecule has 1 atom stereocenters. The van der Waals surface area contributed by atoms with Gasteiger partial charge in [-0.25, -0.2) is 0 Å². The van der Waals surface area contributed by atoms with E-state index in [-0.39, 0.29) is 0 Å². The molecule has 0 saturated heterocycles. The lowest BCUT2D eigenvalue weighted by Gasteiger charge is -2.14. The largest absolute Gasteiger partial charge is 0.306 e. The average Bonchev–Trinajstić information content (AvgIpc) is 2.65. The fourth-order valence-electron chi connectivity index (χ4n) is 2.18. The van der Waals surface area contributed by atoms with E-state index in [2.05, 4.69) is 63.3 Å². The van der Waals surface area contributed by atoms with E-state index in [4.69, 9.17) is 0 Å². The summed E-state index contributed by atoms with van der Waals surface area (Å²) in [5, 5.41) is 3.60. The number of benzene rings is 1. The second kappa shape index (κ2) is 5.68. The van der Waals surface area contributed by atoms with Crippen molar-refractivity contribution in [3.8, 4) is 0 Å². The summed E-state index contributed by atoms with van der Waals surface area (Å²) in [5.41, 5.74) is 4.11. The Hall–Kier alpha value is -1.12. The zero-order valence-corrected chi connectivity index (χ0v) is 12.4. The molecule has 1 heterocycles. The number of thiophene rings is 1. The van der Waals surface area contributed by atoms with Crippen molar-refractivity contribution in [3.05, 3.63) is 56.8 Å². The van der Waals surface area contributed by atoms with Crippen molar-refractivity contribution in [3.63, 3.8) is 0 Å². The van der Waals surface area contributed by atoms with E-state index < -0.39 is 0 Å². The molecular formula is C16H21NS. The number of nitrogens with one attached hydrogen (secondary N) is 1. The van der Waals surface area contributed by atoms with E-state index in [9.17, 15) is 0 Å². The van der Waals surface area contributed by atoms with Crippen molar-refractivity contribution >= 4 is 11.3 Å². The minimum atomic E-state index is 0.393. The molecular weight excluding hydrogens is 238 g/mol. The third kappa shape index (κ3) is 3.21. The summed E-state index contributed by atoms with van der Waals surface area (Å²) in [6.07, 6.45) is 0. The van der Waals surface area contributed by atoms with Crippen LogP contribution in [0.15, 0.2) is 30.3 Å². The zero-order chi connectivity index (χ0) is 13.1. The molecule has 0 bridgehead atoms. The fraction of sp³-hybridized carbons (Fsp3) is 0.375. The number of hydrogen-bond acceptors (Lipinski definition) is 2. The molecule has 2 aromatic rings. The molecule has 0 unspecified atom stereocenters. The van der Waals surface area contributed by atoms with Gasteiger partial charge in [0.2, 0.25) is 0 Å². The van der Waals surface area contributed by atoms with Gasteiger partial charge in [0, 0.05) is 22.3 Å². The van der Waals surface area contributed by atoms with Gasteiger partial charge in [0.15, 0.2) is 0 Å². The minimum Gasteiger partial charge on any atom is -0.306 e. The quantitative estimate of drug-likeness (QED) is 0.851. The van der Waals surface area contributed by atoms with Crippen LogP contribution >= 0.6 is 11.3 Å². The first-order chi connectivity index (χ1) is 8.56. The Bertz CT molecular complexity index is 528. The molecule has 0 saturated carbocycles. The van der Waals surface area contributed by atoms with Crippen molar-refractivity contribution in [2.45, 2.75) is 40.3 Å². The van der Waals surface area contributed by atoms with Gasteiger partial charge in [-0.3, -0.25) is 0 Å². The summed E-state index contributed by atoms with van der Waals surface area (Å²) < 4.78 is 0. The van der Waals surface area contributed by atoms with Crippen molar-refractivity contribution < 1.29 is 0 Å². The molecule has 2 rings (SSSR count). The topological polar surface area (TPSA) is 12.0 Å². The highest BCUT2D eigenvalue weighted by molar-refractivity contribution is 7.12. The van der Waals surface area contributed by atoms with Crippen LogP contribution in [0.3, 0.4) is 0 Å². The fourth-order valence-corrected chi connectivity index (χ4v) is 3.13. The van der Waals surface area contributed by atoms with Crippen LogP contribution in [-0.2, 0) is 6.54 Å². The van der Waals surface area contributed by atoms with Gasteiger partial charge in [0.25, 0.3) is 0 Å². The molecule has 0 aliphatic carbocycles. The predicted octanol–water partition coefficient (Wildman–Crippen LogP) is 4.52. The summed E-state index contributed by atoms with van der Waals surface area (Å²) in [5.74, 6) is 0. The van der Waals surface area contributed by atoms with E-state index in [1.165, 1.54) is 26.4 Å². The molecule has 96 valence electrons. The molecule has 18 heavy (non-hydrogen) atoms. The van der Waals surface area contributed by atoms with E-state index >= 15 is 0 Å². The van der Waals surface area contributed by atoms with Crippen LogP contribution in [0.1, 0.15) is 39.4 Å². The Morgan fingerprint density at radius 2 is 1.94 bits per heavy atom. The van der Waals surface area contributed by atoms with Gasteiger partial charge in [-0.15, -0.1) is 11.3 Å². The lowest BCUT2D eigenvalue weighted by atomic mass is 10.1. The summed E-state index contributed by atoms with van der Waals surface area (Å²) in [7, 11) is 0. The maximum Gasteiger partial charge on any atom is 0.0295 e. The van der Waals surface area contributed by atoms with Crippen LogP contribution in [-0.4, -0.2) is 0 Å². The van der Waals surface area contributed by atoms with E-state index in [0.717, 1.165) is 6.54 Å². The van der Waals surface area contributed by atoms with Crippen LogP contribution in [0.2, 0.25) is 0 Å². The van der Waals surface area contributed by atoms with Crippen molar-refractivity contribution in [2.24, 2.45) is 0 Å². The zero-order valence-electron chi connectivity index (χ0n) is 11.6. The molecule has 2 heteroatoms. The number of rotatable bonds is 4. The average molecular weight is 259 g/mol. The Kier molecular flexibility index (Phi) is 4.20. The third-order valence-corrected chi connectivity index (χ3v) is 4.29. The SMILES string of the molecule is Cc1cccc([C@H](C)NCc2cc(C)sc2C)c1. The van der Waals surface area contributed by atoms with Crippen LogP contribution in [0.5, 0.6) is 0 Å². The highest BCUT2D eigenvalue weighted by Gasteiger charge is 2.07. The summed E-state index contributed by atoms with van der Waals surface area (Å²) in [6, 6.07) is 11.4. The highest BCUT2D eigenvalue weighted by atomic mass is 32.1. The van der Waals surface area contributed by atoms with Crippen molar-refractivity contribution in [2.75, 3.05) is 0 Å². The van der Waals surface area contributed by atoms with Gasteiger partial charge in [0.1, 0.15) is 0 Å². The molecule has 1 nitrogen and oxygen atoms in total. The van der Waals surface area contributed by atoms with Gasteiger partial charge in [-0.2, -0.15) is 0 Å². The summed E-state index contributed by atoms with van der Waals surface area (Å²) in [6.45, 7) is 9.69. The van der Waals surface area contributed by atoms with Gasteiger partial charge >= 0.3 is 0 Å². The lowest BCUT2D eigenvalue weighted by Crippen LogP contribution is -2.18. The molecule has 0 aliphatic rings. The Morgan fingerprint density at radius 1 is 1.17 bits per heavy atom. The van der Waals surface area contributed by atoms with Crippen molar-refractivity contribution in [1.29, 1.82) is 0 Å². The monoisotopic (exact) mass is 259 g/mol. The Labute approximate surface area is 114 Å². The third-order valence-electron chi connectivity index (χ3n) is 3.28. The molecule has 0 fully saturated rings. The first kappa shape index (κ1) is 13.3. The second-order valence-corrected chi connectivity index (χ2v) is 6.42. The number of aryl methyl sites for hydroxylation is 3. The maximum atomic E-state index is 3.60. The van der Waals surface area contributed by atoms with Crippen LogP contribution in [0.25, 0.3) is 0 Å². The molecule has 0 radical (unpaired) electrons. The number of hydrogen-bond donors (Lipinski definition) is 1. The summed E-state index contributed by atoms with van der Waals surface area (Å²) >= 11 is 1.88. The first-order valence-corrected chi connectivity index (χ1v) is 7.24. The van der Waals surface area contributed by atoms with Crippen molar-refractivity contribution in [1.82, 2.24) is 5.32 Å². The van der Waals surface area contributed by atoms with Gasteiger partial charge in [-0.05, 0) is 44.9 Å². The lowest BCUT2D eigenvalue weighted by molar-refractivity contribution is 0.574. The molecule has 0 amide bonds. The molecule has 0 aliphatic heterocycles. The van der Waals surface area contributed by atoms with Crippen LogP contribution in [0.4, 0.5) is 0 Å². The van der Waals surface area contributed by atoms with E-state index in [1.807, 2.05) is 11.3 Å². The first-order valence-electron chi connectivity index (χ1n) is 6.42. The summed E-state index contributed by atoms with van der Waals surface area (Å²) in [4.78, 5) is 2.82. The molecule has 0 spiro atoms. The Balaban J connectivity index is 2.00. The van der Waals surface area contributed by atoms with Crippen LogP contribution < -0.4 is 5.32 Å². The predicted molar refractivity (Wildman–Crippen MR) is 80.2 cm³/mol. The van der Waals surface area contributed by atoms with Gasteiger partial charge in [0.05, 0.1) is 0 Å². The van der Waals surface area contributed by atoms with E-state index in [1.54, 1.807) is 0 Å². The maximum absolute atomic E-state index is 3.60. The second-order valence-electron chi connectivity index (χ2n) is 4.96. The smallest absolute Gasteiger partial charge is 0.0295 e. The van der Waals surface area contributed by atoms with Gasteiger partial charge in [-0.1, -0.05) is 29.8 Å². The normalized spacial score (nSPS) is 12.7. The van der Waals surface area contributed by atoms with Crippen LogP contribution in [0, 0.1) is 20.8 Å². The highest BCUT2D eigenvalue weighted by Crippen LogP contribution is 2.21. The Morgan fingerprint density at radius 3 is 2.56 bits per heavy atom. The molecule has 1 N–H and O–H groups in total. The molecule has 1 aromatic carbocycles. The molecule has 1 aromatic heterocycles. The standard InChI is InChI=1S/C16H21NS/c1-11-6-5-7-15(8-11)13(3)17-10-16-9-12(2)18-14(16)4/h5-9,13,17H,10H2,1-4H3/t13-/m0/s1. The minimum absolute atomic E-state index is 0.393.